The van der Waals surface area contributed by atoms with Gasteiger partial charge in [0.25, 0.3) is 0 Å². The van der Waals surface area contributed by atoms with Crippen molar-refractivity contribution in [3.8, 4) is 0 Å². The predicted molar refractivity (Wildman–Crippen MR) is 219 cm³/mol. The molecule has 1 saturated heterocycles. The first-order valence-corrected chi connectivity index (χ1v) is 22.8. The zero-order chi connectivity index (χ0) is 39.3. The number of ether oxygens (including phenoxy) is 4. The highest BCUT2D eigenvalue weighted by Gasteiger charge is 2.44. The molecule has 1 heterocycles. The Morgan fingerprint density at radius 1 is 0.574 bits per heavy atom. The molecule has 6 atom stereocenters. The fourth-order valence-electron chi connectivity index (χ4n) is 7.08. The summed E-state index contributed by atoms with van der Waals surface area (Å²) < 4.78 is 22.7. The normalized spacial score (nSPS) is 20.9. The molecular weight excluding hydrogens is 684 g/mol. The van der Waals surface area contributed by atoms with Crippen LogP contribution >= 0.6 is 0 Å². The Kier molecular flexibility index (Phi) is 35.4. The van der Waals surface area contributed by atoms with E-state index in [4.69, 9.17) is 18.9 Å². The Hall–Kier alpha value is -1.07. The van der Waals surface area contributed by atoms with E-state index in [2.05, 4.69) is 26.0 Å². The SMILES string of the molecule is CCCCCCCCCC/C=C\CCCCCCCCCCCCCCOCC(COC1OC(CO)C(O)C(O)C1O)OC(=O)CCCCCCCCC. The highest BCUT2D eigenvalue weighted by molar-refractivity contribution is 5.69. The fourth-order valence-corrected chi connectivity index (χ4v) is 7.08. The molecule has 1 fully saturated rings. The van der Waals surface area contributed by atoms with Gasteiger partial charge < -0.3 is 39.4 Å². The Labute approximate surface area is 331 Å². The molecule has 9 heteroatoms. The smallest absolute Gasteiger partial charge is 0.306 e. The molecule has 54 heavy (non-hydrogen) atoms. The van der Waals surface area contributed by atoms with Crippen molar-refractivity contribution in [2.45, 2.75) is 243 Å². The van der Waals surface area contributed by atoms with Crippen LogP contribution in [-0.4, -0.2) is 89.6 Å². The summed E-state index contributed by atoms with van der Waals surface area (Å²) in [6.07, 6.45) is 34.2. The van der Waals surface area contributed by atoms with E-state index in [-0.39, 0.29) is 19.2 Å². The molecule has 1 aliphatic rings. The van der Waals surface area contributed by atoms with Gasteiger partial charge in [-0.1, -0.05) is 174 Å². The minimum atomic E-state index is -1.53. The van der Waals surface area contributed by atoms with Gasteiger partial charge in [-0.15, -0.1) is 0 Å². The van der Waals surface area contributed by atoms with Crippen molar-refractivity contribution in [1.82, 2.24) is 0 Å². The van der Waals surface area contributed by atoms with Crippen LogP contribution in [0.25, 0.3) is 0 Å². The summed E-state index contributed by atoms with van der Waals surface area (Å²) in [7, 11) is 0. The average Bonchev–Trinajstić information content (AvgIpc) is 3.17. The maximum absolute atomic E-state index is 12.6. The quantitative estimate of drug-likeness (QED) is 0.0274. The lowest BCUT2D eigenvalue weighted by Gasteiger charge is -2.39. The molecule has 0 bridgehead atoms. The van der Waals surface area contributed by atoms with Crippen molar-refractivity contribution in [3.05, 3.63) is 12.2 Å². The van der Waals surface area contributed by atoms with E-state index in [0.717, 1.165) is 32.1 Å². The van der Waals surface area contributed by atoms with Crippen molar-refractivity contribution in [1.29, 1.82) is 0 Å². The van der Waals surface area contributed by atoms with Crippen LogP contribution in [0.2, 0.25) is 0 Å². The van der Waals surface area contributed by atoms with Gasteiger partial charge in [-0.05, 0) is 38.5 Å². The monoisotopic (exact) mass is 771 g/mol. The van der Waals surface area contributed by atoms with Crippen molar-refractivity contribution >= 4 is 5.97 Å². The van der Waals surface area contributed by atoms with E-state index in [0.29, 0.717) is 13.0 Å². The minimum absolute atomic E-state index is 0.109. The van der Waals surface area contributed by atoms with Crippen molar-refractivity contribution < 1.29 is 44.2 Å². The van der Waals surface area contributed by atoms with Gasteiger partial charge in [-0.25, -0.2) is 0 Å². The molecule has 6 unspecified atom stereocenters. The maximum atomic E-state index is 12.6. The first-order valence-electron chi connectivity index (χ1n) is 22.8. The molecule has 0 aliphatic carbocycles. The third-order valence-corrected chi connectivity index (χ3v) is 10.7. The van der Waals surface area contributed by atoms with Gasteiger partial charge in [0.15, 0.2) is 6.29 Å². The lowest BCUT2D eigenvalue weighted by Crippen LogP contribution is -2.59. The second kappa shape index (κ2) is 37.5. The first-order chi connectivity index (χ1) is 26.4. The summed E-state index contributed by atoms with van der Waals surface area (Å²) in [5.74, 6) is -0.318. The van der Waals surface area contributed by atoms with Gasteiger partial charge in [-0.3, -0.25) is 4.79 Å². The molecule has 0 amide bonds. The van der Waals surface area contributed by atoms with E-state index < -0.39 is 43.4 Å². The molecule has 1 aliphatic heterocycles. The predicted octanol–water partition coefficient (Wildman–Crippen LogP) is 10.0. The number of unbranched alkanes of at least 4 members (excludes halogenated alkanes) is 26. The summed E-state index contributed by atoms with van der Waals surface area (Å²) in [6.45, 7) is 4.53. The molecule has 0 aromatic carbocycles. The van der Waals surface area contributed by atoms with Gasteiger partial charge in [-0.2, -0.15) is 0 Å². The van der Waals surface area contributed by atoms with Gasteiger partial charge in [0, 0.05) is 13.0 Å². The third-order valence-electron chi connectivity index (χ3n) is 10.7. The van der Waals surface area contributed by atoms with Gasteiger partial charge in [0.2, 0.25) is 0 Å². The van der Waals surface area contributed by atoms with Crippen LogP contribution in [0.15, 0.2) is 12.2 Å². The third kappa shape index (κ3) is 28.3. The number of hydrogen-bond acceptors (Lipinski definition) is 9. The second-order valence-corrected chi connectivity index (χ2v) is 15.9. The van der Waals surface area contributed by atoms with Crippen molar-refractivity contribution in [3.63, 3.8) is 0 Å². The van der Waals surface area contributed by atoms with Gasteiger partial charge >= 0.3 is 5.97 Å². The Morgan fingerprint density at radius 3 is 1.50 bits per heavy atom. The standard InChI is InChI=1S/C45H86O9/c1-3-5-7-9-11-12-13-14-15-16-17-18-19-20-21-22-23-24-25-26-27-29-31-33-35-51-37-39(53-41(47)34-32-30-28-10-8-6-4-2)38-52-45-44(50)43(49)42(48)40(36-46)54-45/h16-17,39-40,42-46,48-50H,3-15,18-38H2,1-2H3/b17-16-. The van der Waals surface area contributed by atoms with E-state index >= 15 is 0 Å². The van der Waals surface area contributed by atoms with Gasteiger partial charge in [0.1, 0.15) is 30.5 Å². The maximum Gasteiger partial charge on any atom is 0.306 e. The summed E-state index contributed by atoms with van der Waals surface area (Å²) in [5.41, 5.74) is 0. The molecule has 320 valence electrons. The number of allylic oxidation sites excluding steroid dienone is 2. The largest absolute Gasteiger partial charge is 0.457 e. The molecular formula is C45H86O9. The number of rotatable bonds is 39. The molecule has 0 spiro atoms. The lowest BCUT2D eigenvalue weighted by molar-refractivity contribution is -0.305. The Bertz CT molecular complexity index is 838. The minimum Gasteiger partial charge on any atom is -0.457 e. The molecule has 0 aromatic rings. The van der Waals surface area contributed by atoms with E-state index in [1.54, 1.807) is 0 Å². The van der Waals surface area contributed by atoms with E-state index in [1.165, 1.54) is 154 Å². The zero-order valence-electron chi connectivity index (χ0n) is 35.0. The number of aliphatic hydroxyl groups is 4. The Morgan fingerprint density at radius 2 is 1.02 bits per heavy atom. The second-order valence-electron chi connectivity index (χ2n) is 15.9. The fraction of sp³-hybridized carbons (Fsp3) is 0.933. The number of carbonyl (C=O) groups excluding carboxylic acids is 1. The molecule has 9 nitrogen and oxygen atoms in total. The van der Waals surface area contributed by atoms with Crippen LogP contribution < -0.4 is 0 Å². The van der Waals surface area contributed by atoms with Gasteiger partial charge in [0.05, 0.1) is 19.8 Å². The molecule has 1 rings (SSSR count). The number of carbonyl (C=O) groups is 1. The number of aliphatic hydroxyl groups excluding tert-OH is 4. The van der Waals surface area contributed by atoms with Crippen LogP contribution in [-0.2, 0) is 23.7 Å². The summed E-state index contributed by atoms with van der Waals surface area (Å²) >= 11 is 0. The molecule has 0 saturated carbocycles. The Balaban J connectivity index is 2.11. The number of esters is 1. The first kappa shape index (κ1) is 50.9. The molecule has 0 aromatic heterocycles. The summed E-state index contributed by atoms with van der Waals surface area (Å²) in [4.78, 5) is 12.6. The van der Waals surface area contributed by atoms with E-state index in [9.17, 15) is 25.2 Å². The van der Waals surface area contributed by atoms with Crippen LogP contribution in [0.4, 0.5) is 0 Å². The van der Waals surface area contributed by atoms with Crippen LogP contribution in [0.3, 0.4) is 0 Å². The number of hydrogen-bond donors (Lipinski definition) is 4. The zero-order valence-corrected chi connectivity index (χ0v) is 35.0. The lowest BCUT2D eigenvalue weighted by atomic mass is 9.99. The average molecular weight is 771 g/mol. The van der Waals surface area contributed by atoms with Crippen LogP contribution in [0.1, 0.15) is 206 Å². The molecule has 0 radical (unpaired) electrons. The highest BCUT2D eigenvalue weighted by Crippen LogP contribution is 2.23. The molecule has 4 N–H and O–H groups in total. The summed E-state index contributed by atoms with van der Waals surface area (Å²) in [5, 5.41) is 40.0. The van der Waals surface area contributed by atoms with Crippen molar-refractivity contribution in [2.75, 3.05) is 26.4 Å². The summed E-state index contributed by atoms with van der Waals surface area (Å²) in [6, 6.07) is 0. The van der Waals surface area contributed by atoms with Crippen LogP contribution in [0.5, 0.6) is 0 Å². The highest BCUT2D eigenvalue weighted by atomic mass is 16.7. The van der Waals surface area contributed by atoms with Crippen molar-refractivity contribution in [2.24, 2.45) is 0 Å². The van der Waals surface area contributed by atoms with E-state index in [1.807, 2.05) is 0 Å². The van der Waals surface area contributed by atoms with Crippen LogP contribution in [0, 0.1) is 0 Å². The topological polar surface area (TPSA) is 135 Å².